The standard InChI is InChI=1S/C3H8N2O3S/c1-2-5(3(4)6)9(7)8/h2H2,1H3,(H2,4,6)(H,7,8)/p-1. The molecule has 0 aliphatic carbocycles. The van der Waals surface area contributed by atoms with E-state index in [-0.39, 0.29) is 6.54 Å². The molecule has 0 saturated heterocycles. The van der Waals surface area contributed by atoms with Crippen molar-refractivity contribution in [2.45, 2.75) is 6.92 Å². The lowest BCUT2D eigenvalue weighted by Gasteiger charge is -2.19. The highest BCUT2D eigenvalue weighted by atomic mass is 32.2. The Balaban J connectivity index is 3.99. The smallest absolute Gasteiger partial charge is 0.325 e. The molecule has 0 radical (unpaired) electrons. The third kappa shape index (κ3) is 2.43. The summed E-state index contributed by atoms with van der Waals surface area (Å²) in [4.78, 5) is 10.1. The molecule has 2 amide bonds. The number of hydrogen-bond donors (Lipinski definition) is 1. The summed E-state index contributed by atoms with van der Waals surface area (Å²) >= 11 is -2.52. The van der Waals surface area contributed by atoms with E-state index in [1.54, 1.807) is 0 Å². The Bertz CT molecular complexity index is 123. The van der Waals surface area contributed by atoms with Crippen molar-refractivity contribution in [3.63, 3.8) is 0 Å². The Morgan fingerprint density at radius 1 is 1.89 bits per heavy atom. The minimum absolute atomic E-state index is 0.0748. The summed E-state index contributed by atoms with van der Waals surface area (Å²) in [5.74, 6) is 0. The first-order valence-corrected chi connectivity index (χ1v) is 3.29. The highest BCUT2D eigenvalue weighted by Gasteiger charge is 2.04. The predicted octanol–water partition coefficient (Wildman–Crippen LogP) is -0.819. The number of nitrogens with zero attached hydrogens (tertiary/aromatic N) is 1. The average molecular weight is 151 g/mol. The summed E-state index contributed by atoms with van der Waals surface area (Å²) in [6, 6.07) is -0.953. The molecule has 0 aromatic carbocycles. The molecule has 0 spiro atoms. The van der Waals surface area contributed by atoms with E-state index in [1.807, 2.05) is 0 Å². The minimum Gasteiger partial charge on any atom is -0.755 e. The van der Waals surface area contributed by atoms with Crippen LogP contribution in [0.5, 0.6) is 0 Å². The van der Waals surface area contributed by atoms with Gasteiger partial charge in [0.25, 0.3) is 0 Å². The van der Waals surface area contributed by atoms with Crippen LogP contribution in [0.2, 0.25) is 0 Å². The zero-order valence-corrected chi connectivity index (χ0v) is 5.68. The number of urea groups is 1. The first-order chi connectivity index (χ1) is 4.09. The zero-order chi connectivity index (χ0) is 7.44. The van der Waals surface area contributed by atoms with Crippen molar-refractivity contribution in [2.75, 3.05) is 6.54 Å². The van der Waals surface area contributed by atoms with Crippen LogP contribution < -0.4 is 5.73 Å². The third-order valence-corrected chi connectivity index (χ3v) is 1.51. The summed E-state index contributed by atoms with van der Waals surface area (Å²) in [5.41, 5.74) is 4.64. The lowest BCUT2D eigenvalue weighted by molar-refractivity contribution is 0.232. The molecule has 5 nitrogen and oxygen atoms in total. The van der Waals surface area contributed by atoms with Gasteiger partial charge in [-0.2, -0.15) is 0 Å². The first-order valence-electron chi connectivity index (χ1n) is 2.26. The number of carbonyl (C=O) groups excluding carboxylic acids is 1. The van der Waals surface area contributed by atoms with Gasteiger partial charge in [-0.1, -0.05) is 0 Å². The van der Waals surface area contributed by atoms with Crippen molar-refractivity contribution >= 4 is 17.3 Å². The van der Waals surface area contributed by atoms with Crippen molar-refractivity contribution in [1.29, 1.82) is 0 Å². The molecule has 0 fully saturated rings. The topological polar surface area (TPSA) is 86.5 Å². The Kier molecular flexibility index (Phi) is 3.18. The van der Waals surface area contributed by atoms with E-state index >= 15 is 0 Å². The van der Waals surface area contributed by atoms with Gasteiger partial charge in [0.05, 0.1) is 11.3 Å². The Morgan fingerprint density at radius 3 is 2.33 bits per heavy atom. The van der Waals surface area contributed by atoms with Crippen LogP contribution in [0.15, 0.2) is 0 Å². The van der Waals surface area contributed by atoms with Crippen molar-refractivity contribution in [2.24, 2.45) is 5.73 Å². The highest BCUT2D eigenvalue weighted by Crippen LogP contribution is 1.88. The van der Waals surface area contributed by atoms with Gasteiger partial charge in [-0.3, -0.25) is 8.51 Å². The van der Waals surface area contributed by atoms with Crippen molar-refractivity contribution in [3.05, 3.63) is 0 Å². The quantitative estimate of drug-likeness (QED) is 0.523. The second-order valence-electron chi connectivity index (χ2n) is 1.25. The number of carbonyl (C=O) groups is 1. The van der Waals surface area contributed by atoms with Gasteiger partial charge in [0.15, 0.2) is 0 Å². The van der Waals surface area contributed by atoms with Gasteiger partial charge in [-0.25, -0.2) is 4.79 Å². The molecule has 0 aliphatic rings. The summed E-state index contributed by atoms with van der Waals surface area (Å²) < 4.78 is 20.5. The molecular formula is C3H7N2O3S-. The number of rotatable bonds is 2. The second-order valence-corrected chi connectivity index (χ2v) is 2.13. The Hall–Kier alpha value is -0.620. The average Bonchev–Trinajstić information content (AvgIpc) is 1.64. The maximum atomic E-state index is 10.1. The Morgan fingerprint density at radius 2 is 2.33 bits per heavy atom. The monoisotopic (exact) mass is 151 g/mol. The van der Waals surface area contributed by atoms with Crippen LogP contribution in [0.1, 0.15) is 6.92 Å². The third-order valence-electron chi connectivity index (χ3n) is 0.713. The van der Waals surface area contributed by atoms with E-state index in [1.165, 1.54) is 6.92 Å². The fourth-order valence-corrected chi connectivity index (χ4v) is 0.692. The fourth-order valence-electron chi connectivity index (χ4n) is 0.335. The number of amides is 2. The van der Waals surface area contributed by atoms with Gasteiger partial charge in [0.2, 0.25) is 0 Å². The van der Waals surface area contributed by atoms with Crippen molar-refractivity contribution < 1.29 is 13.6 Å². The second kappa shape index (κ2) is 3.41. The maximum Gasteiger partial charge on any atom is 0.325 e. The molecule has 0 heterocycles. The van der Waals surface area contributed by atoms with Crippen LogP contribution in [0, 0.1) is 0 Å². The van der Waals surface area contributed by atoms with Gasteiger partial charge in [0, 0.05) is 6.54 Å². The lowest BCUT2D eigenvalue weighted by Crippen LogP contribution is -2.36. The molecule has 0 saturated carbocycles. The molecule has 0 aromatic rings. The van der Waals surface area contributed by atoms with Crippen molar-refractivity contribution in [3.8, 4) is 0 Å². The molecule has 54 valence electrons. The van der Waals surface area contributed by atoms with E-state index in [0.29, 0.717) is 4.31 Å². The van der Waals surface area contributed by atoms with Gasteiger partial charge < -0.3 is 10.3 Å². The largest absolute Gasteiger partial charge is 0.755 e. The van der Waals surface area contributed by atoms with Crippen LogP contribution in [0.25, 0.3) is 0 Å². The lowest BCUT2D eigenvalue weighted by atomic mass is 10.7. The normalized spacial score (nSPS) is 12.7. The molecule has 0 rings (SSSR count). The molecule has 2 N–H and O–H groups in total. The summed E-state index contributed by atoms with van der Waals surface area (Å²) in [6.07, 6.45) is 0. The zero-order valence-electron chi connectivity index (χ0n) is 4.86. The van der Waals surface area contributed by atoms with Gasteiger partial charge in [-0.05, 0) is 6.92 Å². The summed E-state index contributed by atoms with van der Waals surface area (Å²) in [7, 11) is 0. The van der Waals surface area contributed by atoms with Crippen LogP contribution in [0.3, 0.4) is 0 Å². The van der Waals surface area contributed by atoms with E-state index in [4.69, 9.17) is 0 Å². The van der Waals surface area contributed by atoms with Gasteiger partial charge >= 0.3 is 6.03 Å². The molecule has 1 unspecified atom stereocenters. The molecule has 0 aliphatic heterocycles. The minimum atomic E-state index is -2.52. The molecule has 0 aromatic heterocycles. The highest BCUT2D eigenvalue weighted by molar-refractivity contribution is 7.77. The Labute approximate surface area is 55.2 Å². The number of hydrogen-bond acceptors (Lipinski definition) is 3. The van der Waals surface area contributed by atoms with Crippen LogP contribution >= 0.6 is 0 Å². The molecule has 1 atom stereocenters. The number of nitrogens with two attached hydrogens (primary N) is 1. The molecule has 6 heteroatoms. The van der Waals surface area contributed by atoms with E-state index in [9.17, 15) is 13.6 Å². The van der Waals surface area contributed by atoms with Gasteiger partial charge in [-0.15, -0.1) is 0 Å². The molecule has 9 heavy (non-hydrogen) atoms. The molecule has 0 bridgehead atoms. The maximum absolute atomic E-state index is 10.1. The van der Waals surface area contributed by atoms with E-state index in [0.717, 1.165) is 0 Å². The van der Waals surface area contributed by atoms with E-state index < -0.39 is 17.3 Å². The predicted molar refractivity (Wildman–Crippen MR) is 30.9 cm³/mol. The SMILES string of the molecule is CCN(C(N)=O)S(=O)[O-]. The van der Waals surface area contributed by atoms with Crippen LogP contribution in [0.4, 0.5) is 4.79 Å². The fraction of sp³-hybridized carbons (Fsp3) is 0.667. The van der Waals surface area contributed by atoms with Crippen molar-refractivity contribution in [1.82, 2.24) is 4.31 Å². The first kappa shape index (κ1) is 8.38. The number of primary amides is 1. The van der Waals surface area contributed by atoms with Crippen LogP contribution in [-0.4, -0.2) is 25.6 Å². The van der Waals surface area contributed by atoms with E-state index in [2.05, 4.69) is 5.73 Å². The summed E-state index contributed by atoms with van der Waals surface area (Å²) in [6.45, 7) is 1.59. The molecular weight excluding hydrogens is 144 g/mol. The van der Waals surface area contributed by atoms with Gasteiger partial charge in [0.1, 0.15) is 0 Å². The van der Waals surface area contributed by atoms with Crippen LogP contribution in [-0.2, 0) is 11.3 Å². The summed E-state index contributed by atoms with van der Waals surface area (Å²) in [5, 5.41) is 0.